The second-order valence-electron chi connectivity index (χ2n) is 9.73. The molecule has 36 heavy (non-hydrogen) atoms. The van der Waals surface area contributed by atoms with Gasteiger partial charge in [-0.3, -0.25) is 4.79 Å². The molecule has 2 heterocycles. The van der Waals surface area contributed by atoms with E-state index in [0.29, 0.717) is 13.2 Å². The van der Waals surface area contributed by atoms with E-state index >= 15 is 0 Å². The summed E-state index contributed by atoms with van der Waals surface area (Å²) in [6.07, 6.45) is 1.91. The quantitative estimate of drug-likeness (QED) is 0.361. The molecule has 2 unspecified atom stereocenters. The molecule has 0 bridgehead atoms. The molecule has 2 atom stereocenters. The highest BCUT2D eigenvalue weighted by atomic mass is 32.2. The predicted octanol–water partition coefficient (Wildman–Crippen LogP) is 6.18. The van der Waals surface area contributed by atoms with Crippen molar-refractivity contribution in [1.29, 1.82) is 0 Å². The molecule has 0 aliphatic carbocycles. The molecule has 3 aromatic rings. The van der Waals surface area contributed by atoms with E-state index in [1.165, 1.54) is 27.1 Å². The van der Waals surface area contributed by atoms with Crippen LogP contribution in [0.5, 0.6) is 0 Å². The number of esters is 1. The van der Waals surface area contributed by atoms with Crippen molar-refractivity contribution in [3.05, 3.63) is 101 Å². The van der Waals surface area contributed by atoms with Gasteiger partial charge in [-0.1, -0.05) is 66.7 Å². The maximum Gasteiger partial charge on any atom is 0.310 e. The number of likely N-dealkylation sites (tertiary alicyclic amines) is 1. The van der Waals surface area contributed by atoms with Crippen molar-refractivity contribution in [3.63, 3.8) is 0 Å². The lowest BCUT2D eigenvalue weighted by molar-refractivity contribution is -0.150. The third-order valence-electron chi connectivity index (χ3n) is 7.33. The topological polar surface area (TPSA) is 38.8 Å². The van der Waals surface area contributed by atoms with Crippen molar-refractivity contribution >= 4 is 17.7 Å². The van der Waals surface area contributed by atoms with Gasteiger partial charge in [-0.2, -0.15) is 0 Å². The highest BCUT2D eigenvalue weighted by molar-refractivity contribution is 7.98. The van der Waals surface area contributed by atoms with E-state index < -0.39 is 5.60 Å². The van der Waals surface area contributed by atoms with Gasteiger partial charge in [-0.25, -0.2) is 0 Å². The summed E-state index contributed by atoms with van der Waals surface area (Å²) in [5, 5.41) is 0. The minimum Gasteiger partial charge on any atom is -0.466 e. The molecule has 5 rings (SSSR count). The Morgan fingerprint density at radius 3 is 2.69 bits per heavy atom. The van der Waals surface area contributed by atoms with Gasteiger partial charge in [0.15, 0.2) is 0 Å². The van der Waals surface area contributed by atoms with Gasteiger partial charge >= 0.3 is 5.97 Å². The number of benzene rings is 3. The Hall–Kier alpha value is -2.60. The second kappa shape index (κ2) is 11.2. The molecule has 188 valence electrons. The number of thioether (sulfide) groups is 1. The molecule has 3 aromatic carbocycles. The summed E-state index contributed by atoms with van der Waals surface area (Å²) < 4.78 is 12.4. The summed E-state index contributed by atoms with van der Waals surface area (Å²) >= 11 is 1.89. The molecule has 5 heteroatoms. The average Bonchev–Trinajstić information content (AvgIpc) is 3.05. The fourth-order valence-corrected chi connectivity index (χ4v) is 6.79. The molecule has 0 amide bonds. The number of carbonyl (C=O) groups is 1. The smallest absolute Gasteiger partial charge is 0.310 e. The lowest BCUT2D eigenvalue weighted by Gasteiger charge is -2.38. The maximum absolute atomic E-state index is 12.4. The van der Waals surface area contributed by atoms with Gasteiger partial charge in [0.1, 0.15) is 5.60 Å². The fraction of sp³-hybridized carbons (Fsp3) is 0.387. The Kier molecular flexibility index (Phi) is 7.80. The summed E-state index contributed by atoms with van der Waals surface area (Å²) in [5.41, 5.74) is 5.44. The first-order chi connectivity index (χ1) is 17.6. The van der Waals surface area contributed by atoms with Crippen molar-refractivity contribution < 1.29 is 14.3 Å². The standard InChI is InChI=1S/C31H35NO3S/c1-3-34-30(33)24-11-9-17-32(21-24)18-19-35-31(26-12-5-4-6-13-26)27-14-8-7-10-25(27)22-36-29-20-23(2)15-16-28(29)31/h4-8,10,12-16,20,24H,3,9,11,17-19,21-22H2,1-2H3. The number of aryl methyl sites for hydroxylation is 1. The van der Waals surface area contributed by atoms with Crippen LogP contribution in [0.15, 0.2) is 77.7 Å². The molecule has 4 nitrogen and oxygen atoms in total. The van der Waals surface area contributed by atoms with E-state index in [1.807, 2.05) is 18.7 Å². The molecule has 2 aliphatic rings. The molecular weight excluding hydrogens is 466 g/mol. The molecule has 1 fully saturated rings. The van der Waals surface area contributed by atoms with Crippen LogP contribution in [0.1, 0.15) is 47.6 Å². The fourth-order valence-electron chi connectivity index (χ4n) is 5.59. The summed E-state index contributed by atoms with van der Waals surface area (Å²) in [7, 11) is 0. The van der Waals surface area contributed by atoms with Gasteiger partial charge < -0.3 is 14.4 Å². The third-order valence-corrected chi connectivity index (χ3v) is 8.43. The van der Waals surface area contributed by atoms with Crippen LogP contribution in [-0.4, -0.2) is 43.7 Å². The van der Waals surface area contributed by atoms with Crippen molar-refractivity contribution in [2.24, 2.45) is 5.92 Å². The summed E-state index contributed by atoms with van der Waals surface area (Å²) in [5.74, 6) is 0.807. The molecular formula is C31H35NO3S. The maximum atomic E-state index is 12.4. The Bertz CT molecular complexity index is 1200. The predicted molar refractivity (Wildman–Crippen MR) is 145 cm³/mol. The van der Waals surface area contributed by atoms with E-state index in [0.717, 1.165) is 43.8 Å². The Morgan fingerprint density at radius 1 is 1.06 bits per heavy atom. The number of hydrogen-bond acceptors (Lipinski definition) is 5. The van der Waals surface area contributed by atoms with Gasteiger partial charge in [-0.15, -0.1) is 11.8 Å². The molecule has 0 aromatic heterocycles. The summed E-state index contributed by atoms with van der Waals surface area (Å²) in [4.78, 5) is 16.0. The van der Waals surface area contributed by atoms with Crippen LogP contribution in [0.2, 0.25) is 0 Å². The number of ether oxygens (including phenoxy) is 2. The Morgan fingerprint density at radius 2 is 1.86 bits per heavy atom. The SMILES string of the molecule is CCOC(=O)C1CCCN(CCOC2(c3ccccc3)c3ccccc3CSc3cc(C)ccc32)C1. The van der Waals surface area contributed by atoms with Crippen molar-refractivity contribution in [3.8, 4) is 0 Å². The van der Waals surface area contributed by atoms with Crippen LogP contribution in [0, 0.1) is 12.8 Å². The molecule has 0 saturated carbocycles. The first-order valence-corrected chi connectivity index (χ1v) is 14.0. The Labute approximate surface area is 219 Å². The minimum absolute atomic E-state index is 0.0412. The lowest BCUT2D eigenvalue weighted by Crippen LogP contribution is -2.42. The van der Waals surface area contributed by atoms with Crippen LogP contribution < -0.4 is 0 Å². The monoisotopic (exact) mass is 501 g/mol. The first kappa shape index (κ1) is 25.1. The summed E-state index contributed by atoms with van der Waals surface area (Å²) in [6, 6.07) is 26.1. The number of piperidine rings is 1. The van der Waals surface area contributed by atoms with Crippen molar-refractivity contribution in [1.82, 2.24) is 4.90 Å². The van der Waals surface area contributed by atoms with Gasteiger partial charge in [-0.05, 0) is 61.6 Å². The molecule has 2 aliphatic heterocycles. The zero-order valence-electron chi connectivity index (χ0n) is 21.2. The normalized spacial score (nSPS) is 21.8. The van der Waals surface area contributed by atoms with Crippen LogP contribution >= 0.6 is 11.8 Å². The van der Waals surface area contributed by atoms with Crippen LogP contribution in [0.3, 0.4) is 0 Å². The third kappa shape index (κ3) is 4.97. The zero-order chi connectivity index (χ0) is 25.0. The van der Waals surface area contributed by atoms with Crippen molar-refractivity contribution in [2.45, 2.75) is 42.9 Å². The highest BCUT2D eigenvalue weighted by Gasteiger charge is 2.42. The minimum atomic E-state index is -0.694. The molecule has 1 saturated heterocycles. The van der Waals surface area contributed by atoms with Crippen LogP contribution in [-0.2, 0) is 25.6 Å². The van der Waals surface area contributed by atoms with E-state index in [9.17, 15) is 4.79 Å². The second-order valence-corrected chi connectivity index (χ2v) is 10.8. The molecule has 0 N–H and O–H groups in total. The molecule has 0 spiro atoms. The van der Waals surface area contributed by atoms with E-state index in [-0.39, 0.29) is 11.9 Å². The van der Waals surface area contributed by atoms with Gasteiger partial charge in [0.05, 0.1) is 19.1 Å². The van der Waals surface area contributed by atoms with E-state index in [2.05, 4.69) is 84.6 Å². The Balaban J connectivity index is 1.49. The number of fused-ring (bicyclic) bond motifs is 2. The zero-order valence-corrected chi connectivity index (χ0v) is 22.1. The van der Waals surface area contributed by atoms with Gasteiger partial charge in [0, 0.05) is 29.3 Å². The number of carbonyl (C=O) groups excluding carboxylic acids is 1. The number of nitrogens with zero attached hydrogens (tertiary/aromatic N) is 1. The van der Waals surface area contributed by atoms with Crippen molar-refractivity contribution in [2.75, 3.05) is 32.8 Å². The lowest BCUT2D eigenvalue weighted by atomic mass is 9.78. The van der Waals surface area contributed by atoms with Crippen LogP contribution in [0.4, 0.5) is 0 Å². The highest BCUT2D eigenvalue weighted by Crippen LogP contribution is 2.49. The van der Waals surface area contributed by atoms with Crippen LogP contribution in [0.25, 0.3) is 0 Å². The van der Waals surface area contributed by atoms with E-state index in [4.69, 9.17) is 9.47 Å². The molecule has 0 radical (unpaired) electrons. The number of hydrogen-bond donors (Lipinski definition) is 0. The average molecular weight is 502 g/mol. The van der Waals surface area contributed by atoms with Gasteiger partial charge in [0.2, 0.25) is 0 Å². The van der Waals surface area contributed by atoms with Gasteiger partial charge in [0.25, 0.3) is 0 Å². The first-order valence-electron chi connectivity index (χ1n) is 13.0. The largest absolute Gasteiger partial charge is 0.466 e. The summed E-state index contributed by atoms with van der Waals surface area (Å²) in [6.45, 7) is 7.53. The van der Waals surface area contributed by atoms with E-state index in [1.54, 1.807) is 0 Å². The number of rotatable bonds is 7.